The first kappa shape index (κ1) is 48.5. The van der Waals surface area contributed by atoms with Crippen molar-refractivity contribution < 1.29 is 8.83 Å². The fraction of sp³-hybridized carbons (Fsp3) is 0.0824. The second-order valence-corrected chi connectivity index (χ2v) is 25.9. The van der Waals surface area contributed by atoms with Crippen LogP contribution in [0.5, 0.6) is 0 Å². The topological polar surface area (TPSA) is 29.5 Å². The maximum absolute atomic E-state index is 6.96. The third-order valence-electron chi connectivity index (χ3n) is 21.1. The number of aryl methyl sites for hydroxylation is 2. The molecule has 3 heteroatoms. The van der Waals surface area contributed by atoms with Gasteiger partial charge in [-0.1, -0.05) is 213 Å². The molecule has 0 bridgehead atoms. The van der Waals surface area contributed by atoms with Crippen LogP contribution >= 0.6 is 0 Å². The van der Waals surface area contributed by atoms with Crippen molar-refractivity contribution in [2.24, 2.45) is 0 Å². The molecule has 0 aliphatic heterocycles. The second kappa shape index (κ2) is 16.8. The zero-order valence-electron chi connectivity index (χ0n) is 49.1. The molecule has 0 unspecified atom stereocenters. The van der Waals surface area contributed by atoms with E-state index in [1.807, 2.05) is 0 Å². The van der Waals surface area contributed by atoms with Crippen molar-refractivity contribution >= 4 is 60.9 Å². The van der Waals surface area contributed by atoms with Gasteiger partial charge in [0.15, 0.2) is 0 Å². The molecule has 3 nitrogen and oxygen atoms in total. The highest BCUT2D eigenvalue weighted by molar-refractivity contribution is 6.20. The average molecular weight is 1120 g/mol. The Bertz CT molecular complexity index is 5540. The summed E-state index contributed by atoms with van der Waals surface area (Å²) in [5.41, 5.74) is 36.0. The Hall–Kier alpha value is -10.7. The van der Waals surface area contributed by atoms with E-state index < -0.39 is 10.8 Å². The Morgan fingerprint density at radius 1 is 0.284 bits per heavy atom. The van der Waals surface area contributed by atoms with Crippen LogP contribution in [0, 0.1) is 13.8 Å². The number of para-hydroxylation sites is 3. The summed E-state index contributed by atoms with van der Waals surface area (Å²) in [7, 11) is 0. The van der Waals surface area contributed by atoms with Crippen molar-refractivity contribution in [1.82, 2.24) is 0 Å². The molecule has 0 fully saturated rings. The first-order chi connectivity index (χ1) is 43.2. The fourth-order valence-corrected chi connectivity index (χ4v) is 17.8. The molecule has 2 aromatic heterocycles. The highest BCUT2D eigenvalue weighted by Crippen LogP contribution is 2.69. The number of benzene rings is 13. The van der Waals surface area contributed by atoms with Gasteiger partial charge in [0, 0.05) is 49.6 Å². The van der Waals surface area contributed by atoms with E-state index in [2.05, 4.69) is 293 Å². The molecule has 0 radical (unpaired) electrons. The van der Waals surface area contributed by atoms with Gasteiger partial charge in [0.05, 0.1) is 10.8 Å². The lowest BCUT2D eigenvalue weighted by Gasteiger charge is -2.33. The van der Waals surface area contributed by atoms with E-state index in [9.17, 15) is 0 Å². The van der Waals surface area contributed by atoms with Crippen LogP contribution in [0.3, 0.4) is 0 Å². The van der Waals surface area contributed by atoms with Gasteiger partial charge in [-0.15, -0.1) is 0 Å². The van der Waals surface area contributed by atoms with Crippen LogP contribution in [-0.4, -0.2) is 0 Å². The number of rotatable bonds is 4. The van der Waals surface area contributed by atoms with Gasteiger partial charge in [-0.05, 0) is 203 Å². The maximum atomic E-state index is 6.96. The summed E-state index contributed by atoms with van der Waals surface area (Å²) in [5, 5.41) is 4.65. The molecule has 88 heavy (non-hydrogen) atoms. The lowest BCUT2D eigenvalue weighted by atomic mass is 9.68. The summed E-state index contributed by atoms with van der Waals surface area (Å²) in [6.07, 6.45) is 0. The molecular weight excluding hydrogens is 1070 g/mol. The van der Waals surface area contributed by atoms with E-state index in [0.717, 1.165) is 55.7 Å². The molecule has 2 heterocycles. The highest BCUT2D eigenvalue weighted by Gasteiger charge is 2.57. The molecule has 2 spiro atoms. The quantitative estimate of drug-likeness (QED) is 0.176. The second-order valence-electron chi connectivity index (χ2n) is 25.9. The molecule has 5 aliphatic carbocycles. The van der Waals surface area contributed by atoms with Crippen LogP contribution < -0.4 is 4.90 Å². The third-order valence-corrected chi connectivity index (χ3v) is 21.1. The largest absolute Gasteiger partial charge is 0.456 e. The summed E-state index contributed by atoms with van der Waals surface area (Å²) in [6, 6.07) is 98.9. The zero-order chi connectivity index (χ0) is 58.1. The van der Waals surface area contributed by atoms with E-state index in [-0.39, 0.29) is 5.41 Å². The molecule has 5 aliphatic rings. The number of hydrogen-bond acceptors (Lipinski definition) is 3. The molecule has 0 saturated heterocycles. The van der Waals surface area contributed by atoms with Gasteiger partial charge in [0.25, 0.3) is 0 Å². The van der Waals surface area contributed by atoms with E-state index in [1.54, 1.807) is 0 Å². The van der Waals surface area contributed by atoms with E-state index in [4.69, 9.17) is 8.83 Å². The smallest absolute Gasteiger partial charge is 0.143 e. The van der Waals surface area contributed by atoms with Crippen LogP contribution in [0.4, 0.5) is 17.1 Å². The zero-order valence-corrected chi connectivity index (χ0v) is 49.1. The van der Waals surface area contributed by atoms with Gasteiger partial charge in [-0.25, -0.2) is 0 Å². The highest BCUT2D eigenvalue weighted by atomic mass is 16.3. The SMILES string of the molecule is Cc1cc(C)cc(-c2cc3c(c4c2oc2ccccc24)-c2ccc(N(c4ccccc4)c4ccc5c(c4)C4(c6ccccc6-c6ccccc64)c4cc6c(cc4-5)C4(c5ccccc5-c5ccccc54)c4ccc5oc7ccccc7c5c4-6)cc2C3(C)C)c1. The molecule has 0 atom stereocenters. The Labute approximate surface area is 510 Å². The Balaban J connectivity index is 0.845. The van der Waals surface area contributed by atoms with Crippen LogP contribution in [0.2, 0.25) is 0 Å². The van der Waals surface area contributed by atoms with Crippen molar-refractivity contribution in [3.63, 3.8) is 0 Å². The van der Waals surface area contributed by atoms with Gasteiger partial charge in [-0.2, -0.15) is 0 Å². The fourth-order valence-electron chi connectivity index (χ4n) is 17.8. The minimum atomic E-state index is -0.660. The predicted octanol–water partition coefficient (Wildman–Crippen LogP) is 22.2. The van der Waals surface area contributed by atoms with Gasteiger partial charge in [-0.3, -0.25) is 0 Å². The summed E-state index contributed by atoms with van der Waals surface area (Å²) in [5.74, 6) is 0. The minimum Gasteiger partial charge on any atom is -0.456 e. The van der Waals surface area contributed by atoms with Crippen LogP contribution in [0.25, 0.3) is 111 Å². The number of nitrogens with zero attached hydrogens (tertiary/aromatic N) is 1. The van der Waals surface area contributed by atoms with Crippen LogP contribution in [0.15, 0.2) is 270 Å². The lowest BCUT2D eigenvalue weighted by Crippen LogP contribution is -2.27. The van der Waals surface area contributed by atoms with Crippen molar-refractivity contribution in [3.05, 3.63) is 328 Å². The minimum absolute atomic E-state index is 0.352. The molecular formula is C85H55NO2. The Kier molecular flexibility index (Phi) is 9.27. The number of anilines is 3. The van der Waals surface area contributed by atoms with Crippen LogP contribution in [0.1, 0.15) is 80.6 Å². The van der Waals surface area contributed by atoms with E-state index >= 15 is 0 Å². The van der Waals surface area contributed by atoms with Gasteiger partial charge in [0.2, 0.25) is 0 Å². The molecule has 20 rings (SSSR count). The van der Waals surface area contributed by atoms with Crippen molar-refractivity contribution in [3.8, 4) is 66.8 Å². The summed E-state index contributed by atoms with van der Waals surface area (Å²) in [4.78, 5) is 2.51. The Morgan fingerprint density at radius 3 is 1.39 bits per heavy atom. The first-order valence-electron chi connectivity index (χ1n) is 31.0. The standard InChI is InChI=1S/C85H55NO2/c1-48-40-49(2)42-50(41-48)62-45-74-78(81-61-27-13-19-33-76(61)88-82(62)81)59-37-35-52(43-70(59)83(74,3)4)86(51-20-6-5-7-21-51)53-34-36-58-63-46-73-64(47-72(63)85(71(58)44-53)67-30-16-10-24-56(67)57-25-11-17-31-68(57)85)79-69(38-39-77-80(79)60-26-12-18-32-75(60)87-77)84(73)65-28-14-8-22-54(65)55-23-9-15-29-66(55)84/h5-47H,1-4H3. The van der Waals surface area contributed by atoms with Crippen molar-refractivity contribution in [2.45, 2.75) is 43.9 Å². The molecule has 0 N–H and O–H groups in total. The van der Waals surface area contributed by atoms with Crippen molar-refractivity contribution in [1.29, 1.82) is 0 Å². The van der Waals surface area contributed by atoms with E-state index in [0.29, 0.717) is 0 Å². The van der Waals surface area contributed by atoms with Crippen LogP contribution in [-0.2, 0) is 16.2 Å². The summed E-state index contributed by atoms with van der Waals surface area (Å²) < 4.78 is 13.8. The average Bonchev–Trinajstić information content (AvgIpc) is 1.49. The third kappa shape index (κ3) is 5.85. The van der Waals surface area contributed by atoms with Gasteiger partial charge >= 0.3 is 0 Å². The monoisotopic (exact) mass is 1120 g/mol. The lowest BCUT2D eigenvalue weighted by molar-refractivity contribution is 0.657. The Morgan fingerprint density at radius 2 is 0.750 bits per heavy atom. The molecule has 0 saturated carbocycles. The van der Waals surface area contributed by atoms with Gasteiger partial charge < -0.3 is 13.7 Å². The first-order valence-corrected chi connectivity index (χ1v) is 31.0. The normalized spacial score (nSPS) is 14.9. The molecule has 412 valence electrons. The number of fused-ring (bicyclic) bond motifs is 31. The maximum Gasteiger partial charge on any atom is 0.143 e. The molecule has 13 aromatic carbocycles. The molecule has 0 amide bonds. The number of hydrogen-bond donors (Lipinski definition) is 0. The van der Waals surface area contributed by atoms with Crippen molar-refractivity contribution in [2.75, 3.05) is 4.90 Å². The molecule has 15 aromatic rings. The summed E-state index contributed by atoms with van der Waals surface area (Å²) in [6.45, 7) is 9.22. The van der Waals surface area contributed by atoms with Gasteiger partial charge in [0.1, 0.15) is 22.3 Å². The van der Waals surface area contributed by atoms with E-state index in [1.165, 1.54) is 139 Å². The number of furan rings is 2. The predicted molar refractivity (Wildman–Crippen MR) is 361 cm³/mol. The summed E-state index contributed by atoms with van der Waals surface area (Å²) >= 11 is 0.